The summed E-state index contributed by atoms with van der Waals surface area (Å²) in [5.74, 6) is -1.18. The summed E-state index contributed by atoms with van der Waals surface area (Å²) in [6, 6.07) is 11.1. The number of carbonyl (C=O) groups is 1. The molecule has 31 heavy (non-hydrogen) atoms. The summed E-state index contributed by atoms with van der Waals surface area (Å²) in [6.45, 7) is 0. The van der Waals surface area contributed by atoms with Crippen LogP contribution < -0.4 is 77.8 Å². The number of aromatic carboxylic acids is 1. The summed E-state index contributed by atoms with van der Waals surface area (Å²) in [4.78, 5) is 23.9. The van der Waals surface area contributed by atoms with Crippen LogP contribution in [0, 0.1) is 0 Å². The van der Waals surface area contributed by atoms with Crippen molar-refractivity contribution in [3.63, 3.8) is 0 Å². The van der Waals surface area contributed by atoms with E-state index in [4.69, 9.17) is 4.42 Å². The van der Waals surface area contributed by atoms with Crippen molar-refractivity contribution in [3.05, 3.63) is 67.2 Å². The zero-order valence-corrected chi connectivity index (χ0v) is 29.2. The van der Waals surface area contributed by atoms with Crippen LogP contribution in [0.3, 0.4) is 0 Å². The Morgan fingerprint density at radius 1 is 1.00 bits per heavy atom. The zero-order valence-electron chi connectivity index (χ0n) is 16.5. The standard InChI is InChI=1S/C20H9Br2O5.Hg.2Na.H2O/c21-13-5-11-17(7-15(13)23)27-18-8-16(24)14(22)6-12(18)19(11)9-3-1-2-4-10(9)20(25)26;;;;/h1-7,24H,(H,25,26);;;;1H2/q;;2*+1;/p-2. The van der Waals surface area contributed by atoms with E-state index in [1.165, 1.54) is 12.1 Å². The molecule has 0 saturated heterocycles. The average Bonchev–Trinajstić information content (AvgIpc) is 2.66. The molecule has 0 aromatic heterocycles. The molecule has 0 amide bonds. The molecule has 143 valence electrons. The Morgan fingerprint density at radius 2 is 1.65 bits per heavy atom. The maximum atomic E-state index is 12.4. The van der Waals surface area contributed by atoms with E-state index in [-0.39, 0.29) is 113 Å². The molecule has 2 aromatic rings. The molecule has 0 spiro atoms. The Balaban J connectivity index is 0.00000160. The number of hydrogen-bond acceptors (Lipinski definition) is 5. The van der Waals surface area contributed by atoms with Crippen LogP contribution in [0.25, 0.3) is 33.4 Å². The third kappa shape index (κ3) is 5.34. The van der Waals surface area contributed by atoms with Gasteiger partial charge in [0, 0.05) is 0 Å². The molecule has 0 fully saturated rings. The normalized spacial score (nSPS) is 10.2. The molecule has 0 saturated carbocycles. The van der Waals surface area contributed by atoms with E-state index in [1.54, 1.807) is 30.3 Å². The molecule has 1 aliphatic heterocycles. The Morgan fingerprint density at radius 3 is 2.29 bits per heavy atom. The van der Waals surface area contributed by atoms with Crippen molar-refractivity contribution >= 4 is 51.9 Å². The number of carboxylic acid groups (broad SMARTS) is 1. The van der Waals surface area contributed by atoms with Crippen LogP contribution in [0.15, 0.2) is 60.6 Å². The van der Waals surface area contributed by atoms with Gasteiger partial charge in [-0.1, -0.05) is 0 Å². The maximum Gasteiger partial charge on any atom is 1.00 e. The maximum absolute atomic E-state index is 12.4. The Hall–Kier alpha value is 0.255. The van der Waals surface area contributed by atoms with E-state index in [2.05, 4.69) is 31.9 Å². The number of fused-ring (bicyclic) bond motifs is 2. The molecule has 1 aliphatic carbocycles. The molecule has 4 rings (SSSR count). The van der Waals surface area contributed by atoms with E-state index in [9.17, 15) is 19.8 Å². The smallest absolute Gasteiger partial charge is 1.00 e. The fourth-order valence-electron chi connectivity index (χ4n) is 3.21. The molecule has 11 heteroatoms. The SMILES string of the molecule is O.O=C([O-])c1ccccc1-c1c2cc(Br)c(=O)cc-2oc2[c]([Hg])c([O-])c(Br)cc12.[Na+].[Na+]. The van der Waals surface area contributed by atoms with E-state index in [0.29, 0.717) is 39.7 Å². The Labute approximate surface area is 253 Å². The largest absolute Gasteiger partial charge is 1.00 e. The van der Waals surface area contributed by atoms with Crippen molar-refractivity contribution in [2.45, 2.75) is 0 Å². The van der Waals surface area contributed by atoms with Crippen molar-refractivity contribution in [1.82, 2.24) is 0 Å². The molecular weight excluding hydrogens is 743 g/mol. The van der Waals surface area contributed by atoms with Gasteiger partial charge in [0.25, 0.3) is 0 Å². The minimum Gasteiger partial charge on any atom is 1.00 e. The van der Waals surface area contributed by atoms with Gasteiger partial charge >= 0.3 is 252 Å². The molecule has 0 bridgehead atoms. The molecular formula is C20H9Br2HgNa2O6. The van der Waals surface area contributed by atoms with Crippen LogP contribution in [0.5, 0.6) is 5.75 Å². The van der Waals surface area contributed by atoms with Crippen LogP contribution in [0.1, 0.15) is 10.4 Å². The number of rotatable bonds is 2. The molecule has 6 nitrogen and oxygen atoms in total. The quantitative estimate of drug-likeness (QED) is 0.152. The number of hydrogen-bond donors (Lipinski definition) is 0. The summed E-state index contributed by atoms with van der Waals surface area (Å²) >= 11 is 6.47. The summed E-state index contributed by atoms with van der Waals surface area (Å²) in [5.41, 5.74) is 1.69. The second-order valence-corrected chi connectivity index (χ2v) is 10.6. The number of benzene rings is 3. The Kier molecular flexibility index (Phi) is 11.0. The van der Waals surface area contributed by atoms with Gasteiger partial charge in [0.1, 0.15) is 0 Å². The zero-order chi connectivity index (χ0) is 20.2. The first-order valence-electron chi connectivity index (χ1n) is 8.02. The minimum atomic E-state index is -1.31. The van der Waals surface area contributed by atoms with Gasteiger partial charge in [0.15, 0.2) is 0 Å². The van der Waals surface area contributed by atoms with Crippen molar-refractivity contribution in [3.8, 4) is 28.2 Å². The second kappa shape index (κ2) is 11.6. The molecule has 2 aromatic carbocycles. The predicted molar refractivity (Wildman–Crippen MR) is 107 cm³/mol. The van der Waals surface area contributed by atoms with Crippen molar-refractivity contribution in [1.29, 1.82) is 0 Å². The van der Waals surface area contributed by atoms with E-state index in [1.807, 2.05) is 0 Å². The molecule has 0 radical (unpaired) electrons. The van der Waals surface area contributed by atoms with Crippen LogP contribution >= 0.6 is 31.9 Å². The van der Waals surface area contributed by atoms with Gasteiger partial charge in [-0.3, -0.25) is 0 Å². The first-order valence-corrected chi connectivity index (χ1v) is 12.4. The summed E-state index contributed by atoms with van der Waals surface area (Å²) in [6.07, 6.45) is 0. The van der Waals surface area contributed by atoms with Crippen LogP contribution in [-0.4, -0.2) is 11.4 Å². The average molecular weight is 752 g/mol. The minimum absolute atomic E-state index is 0. The van der Waals surface area contributed by atoms with Gasteiger partial charge in [0.2, 0.25) is 0 Å². The van der Waals surface area contributed by atoms with Crippen LogP contribution in [-0.2, 0) is 26.1 Å². The van der Waals surface area contributed by atoms with E-state index >= 15 is 0 Å². The number of carboxylic acids is 1. The van der Waals surface area contributed by atoms with Crippen molar-refractivity contribution in [2.24, 2.45) is 0 Å². The van der Waals surface area contributed by atoms with Gasteiger partial charge in [0.05, 0.1) is 0 Å². The third-order valence-corrected chi connectivity index (χ3v) is 8.19. The van der Waals surface area contributed by atoms with Gasteiger partial charge in [-0.2, -0.15) is 0 Å². The van der Waals surface area contributed by atoms with Crippen LogP contribution in [0.2, 0.25) is 0 Å². The molecule has 1 heterocycles. The summed E-state index contributed by atoms with van der Waals surface area (Å²) in [5, 5.41) is 24.8. The van der Waals surface area contributed by atoms with Gasteiger partial charge < -0.3 is 5.48 Å². The van der Waals surface area contributed by atoms with Gasteiger partial charge in [-0.25, -0.2) is 0 Å². The first kappa shape index (κ1) is 29.3. The Bertz CT molecular complexity index is 1330. The van der Waals surface area contributed by atoms with Crippen LogP contribution in [0.4, 0.5) is 0 Å². The fraction of sp³-hybridized carbons (Fsp3) is 0. The monoisotopic (exact) mass is 751 g/mol. The second-order valence-electron chi connectivity index (χ2n) is 6.13. The number of halogens is 2. The van der Waals surface area contributed by atoms with E-state index < -0.39 is 5.97 Å². The fourth-order valence-corrected chi connectivity index (χ4v) is 6.79. The third-order valence-electron chi connectivity index (χ3n) is 4.48. The molecule has 0 atom stereocenters. The molecule has 2 aliphatic rings. The topological polar surface area (TPSA) is 125 Å². The molecule has 0 unspecified atom stereocenters. The molecule has 2 N–H and O–H groups in total. The van der Waals surface area contributed by atoms with Gasteiger partial charge in [-0.15, -0.1) is 0 Å². The predicted octanol–water partition coefficient (Wildman–Crippen LogP) is -4.12. The summed E-state index contributed by atoms with van der Waals surface area (Å²) in [7, 11) is 0. The van der Waals surface area contributed by atoms with Crippen molar-refractivity contribution in [2.75, 3.05) is 0 Å². The van der Waals surface area contributed by atoms with E-state index in [0.717, 1.165) is 0 Å². The first-order chi connectivity index (χ1) is 13.3. The van der Waals surface area contributed by atoms with Gasteiger partial charge in [-0.05, 0) is 0 Å². The number of carbonyl (C=O) groups excluding carboxylic acids is 1. The summed E-state index contributed by atoms with van der Waals surface area (Å²) < 4.78 is 7.22. The van der Waals surface area contributed by atoms with Crippen molar-refractivity contribution < 1.29 is 110 Å².